The molecule has 2 aliphatic rings. The monoisotopic (exact) mass is 448 g/mol. The molecule has 2 heterocycles. The van der Waals surface area contributed by atoms with Gasteiger partial charge in [0, 0.05) is 37.5 Å². The molecule has 0 aliphatic carbocycles. The van der Waals surface area contributed by atoms with Gasteiger partial charge in [-0.3, -0.25) is 4.79 Å². The van der Waals surface area contributed by atoms with Crippen molar-refractivity contribution in [3.8, 4) is 11.5 Å². The second-order valence-electron chi connectivity index (χ2n) is 8.38. The highest BCUT2D eigenvalue weighted by Crippen LogP contribution is 2.36. The van der Waals surface area contributed by atoms with Crippen LogP contribution in [0.2, 0.25) is 0 Å². The predicted molar refractivity (Wildman–Crippen MR) is 122 cm³/mol. The number of ether oxygens (including phenoxy) is 2. The number of phenolic OH excluding ortho intramolecular Hbond substituents is 1. The van der Waals surface area contributed by atoms with Crippen LogP contribution in [0.1, 0.15) is 33.5 Å². The van der Waals surface area contributed by atoms with Gasteiger partial charge in [-0.2, -0.15) is 0 Å². The number of hydrogen-bond acceptors (Lipinski definition) is 5. The molecule has 0 spiro atoms. The van der Waals surface area contributed by atoms with Gasteiger partial charge in [-0.05, 0) is 29.2 Å². The molecule has 0 aromatic heterocycles. The van der Waals surface area contributed by atoms with Crippen LogP contribution >= 0.6 is 0 Å². The zero-order chi connectivity index (χ0) is 22.8. The molecule has 0 bridgehead atoms. The molecule has 2 aliphatic heterocycles. The van der Waals surface area contributed by atoms with Crippen LogP contribution in [0.5, 0.6) is 11.5 Å². The van der Waals surface area contributed by atoms with Crippen molar-refractivity contribution in [2.75, 3.05) is 18.5 Å². The summed E-state index contributed by atoms with van der Waals surface area (Å²) in [5.74, 6) is -1.47. The van der Waals surface area contributed by atoms with Crippen LogP contribution < -0.4 is 10.1 Å². The molecule has 2 N–H and O–H groups in total. The number of phenols is 1. The van der Waals surface area contributed by atoms with Gasteiger partial charge in [0.15, 0.2) is 0 Å². The first-order valence-corrected chi connectivity index (χ1v) is 11.0. The largest absolute Gasteiger partial charge is 0.507 e. The van der Waals surface area contributed by atoms with E-state index in [2.05, 4.69) is 5.32 Å². The van der Waals surface area contributed by atoms with E-state index in [1.165, 1.54) is 0 Å². The second-order valence-corrected chi connectivity index (χ2v) is 8.38. The molecular formula is C26H25FN2O4. The molecule has 7 heteroatoms. The summed E-state index contributed by atoms with van der Waals surface area (Å²) in [6.45, 7) is 2.35. The molecule has 3 aromatic carbocycles. The van der Waals surface area contributed by atoms with E-state index in [0.29, 0.717) is 19.7 Å². The first kappa shape index (κ1) is 21.3. The lowest BCUT2D eigenvalue weighted by molar-refractivity contribution is 0.0743. The van der Waals surface area contributed by atoms with E-state index >= 15 is 0 Å². The number of carbonyl (C=O) groups excluding carboxylic acids is 1. The molecule has 33 heavy (non-hydrogen) atoms. The van der Waals surface area contributed by atoms with Crippen LogP contribution in [0, 0.1) is 5.82 Å². The number of halogens is 1. The predicted octanol–water partition coefficient (Wildman–Crippen LogP) is 4.47. The SMILES string of the molecule is O=C(c1c(O)cc(F)cc1OCc1ccccc1)N1Cc2cccc(N[C@H]3CCOC3)c2C1. The van der Waals surface area contributed by atoms with Crippen molar-refractivity contribution in [1.29, 1.82) is 0 Å². The van der Waals surface area contributed by atoms with Crippen molar-refractivity contribution >= 4 is 11.6 Å². The fraction of sp³-hybridized carbons (Fsp3) is 0.269. The molecule has 1 fully saturated rings. The van der Waals surface area contributed by atoms with Crippen molar-refractivity contribution in [2.24, 2.45) is 0 Å². The number of nitrogens with one attached hydrogen (secondary N) is 1. The quantitative estimate of drug-likeness (QED) is 0.582. The minimum absolute atomic E-state index is 0.0266. The Hall–Kier alpha value is -3.58. The van der Waals surface area contributed by atoms with Crippen molar-refractivity contribution in [3.05, 3.63) is 88.7 Å². The molecule has 1 saturated heterocycles. The van der Waals surface area contributed by atoms with Gasteiger partial charge in [-0.1, -0.05) is 42.5 Å². The average Bonchev–Trinajstić information content (AvgIpc) is 3.48. The van der Waals surface area contributed by atoms with Crippen molar-refractivity contribution in [2.45, 2.75) is 32.2 Å². The Morgan fingerprint density at radius 3 is 2.79 bits per heavy atom. The highest BCUT2D eigenvalue weighted by atomic mass is 19.1. The van der Waals surface area contributed by atoms with E-state index in [1.807, 2.05) is 48.5 Å². The van der Waals surface area contributed by atoms with Crippen LogP contribution in [-0.2, 0) is 24.4 Å². The zero-order valence-electron chi connectivity index (χ0n) is 18.1. The summed E-state index contributed by atoms with van der Waals surface area (Å²) in [4.78, 5) is 15.1. The summed E-state index contributed by atoms with van der Waals surface area (Å²) < 4.78 is 25.3. The zero-order valence-corrected chi connectivity index (χ0v) is 18.1. The molecule has 5 rings (SSSR count). The van der Waals surface area contributed by atoms with Gasteiger partial charge in [0.25, 0.3) is 5.91 Å². The van der Waals surface area contributed by atoms with Gasteiger partial charge in [-0.15, -0.1) is 0 Å². The second kappa shape index (κ2) is 9.11. The number of benzene rings is 3. The lowest BCUT2D eigenvalue weighted by Crippen LogP contribution is -2.26. The van der Waals surface area contributed by atoms with E-state index in [0.717, 1.165) is 47.5 Å². The van der Waals surface area contributed by atoms with Crippen molar-refractivity contribution in [3.63, 3.8) is 0 Å². The summed E-state index contributed by atoms with van der Waals surface area (Å²) >= 11 is 0. The molecular weight excluding hydrogens is 423 g/mol. The fourth-order valence-corrected chi connectivity index (χ4v) is 4.36. The normalized spacial score (nSPS) is 17.1. The van der Waals surface area contributed by atoms with Crippen LogP contribution in [0.25, 0.3) is 0 Å². The molecule has 6 nitrogen and oxygen atoms in total. The maximum absolute atomic E-state index is 14.1. The van der Waals surface area contributed by atoms with Gasteiger partial charge >= 0.3 is 0 Å². The van der Waals surface area contributed by atoms with Crippen LogP contribution in [0.15, 0.2) is 60.7 Å². The van der Waals surface area contributed by atoms with Gasteiger partial charge in [-0.25, -0.2) is 4.39 Å². The summed E-state index contributed by atoms with van der Waals surface area (Å²) in [7, 11) is 0. The van der Waals surface area contributed by atoms with Gasteiger partial charge in [0.2, 0.25) is 0 Å². The number of anilines is 1. The summed E-state index contributed by atoms with van der Waals surface area (Å²) in [5.41, 5.74) is 3.92. The number of aromatic hydroxyl groups is 1. The lowest BCUT2D eigenvalue weighted by atomic mass is 10.1. The van der Waals surface area contributed by atoms with E-state index < -0.39 is 17.5 Å². The summed E-state index contributed by atoms with van der Waals surface area (Å²) in [5, 5.41) is 14.0. The Labute approximate surface area is 191 Å². The highest BCUT2D eigenvalue weighted by molar-refractivity contribution is 6.00. The van der Waals surface area contributed by atoms with Crippen LogP contribution in [0.4, 0.5) is 10.1 Å². The lowest BCUT2D eigenvalue weighted by Gasteiger charge is -2.20. The fourth-order valence-electron chi connectivity index (χ4n) is 4.36. The van der Waals surface area contributed by atoms with Crippen LogP contribution in [-0.4, -0.2) is 35.2 Å². The molecule has 170 valence electrons. The van der Waals surface area contributed by atoms with E-state index in [-0.39, 0.29) is 24.0 Å². The minimum Gasteiger partial charge on any atom is -0.507 e. The maximum atomic E-state index is 14.1. The minimum atomic E-state index is -0.665. The number of carbonyl (C=O) groups is 1. The average molecular weight is 448 g/mol. The Balaban J connectivity index is 1.38. The number of amides is 1. The summed E-state index contributed by atoms with van der Waals surface area (Å²) in [6, 6.07) is 17.7. The molecule has 1 atom stereocenters. The van der Waals surface area contributed by atoms with E-state index in [9.17, 15) is 14.3 Å². The van der Waals surface area contributed by atoms with Gasteiger partial charge in [0.05, 0.1) is 12.6 Å². The number of hydrogen-bond donors (Lipinski definition) is 2. The molecule has 0 radical (unpaired) electrons. The third kappa shape index (κ3) is 4.50. The van der Waals surface area contributed by atoms with Gasteiger partial charge < -0.3 is 24.8 Å². The third-order valence-electron chi connectivity index (χ3n) is 6.06. The van der Waals surface area contributed by atoms with E-state index in [1.54, 1.807) is 4.90 Å². The Morgan fingerprint density at radius 2 is 2.00 bits per heavy atom. The number of rotatable bonds is 6. The highest BCUT2D eigenvalue weighted by Gasteiger charge is 2.31. The van der Waals surface area contributed by atoms with Crippen LogP contribution in [0.3, 0.4) is 0 Å². The smallest absolute Gasteiger partial charge is 0.262 e. The maximum Gasteiger partial charge on any atom is 0.262 e. The van der Waals surface area contributed by atoms with E-state index in [4.69, 9.17) is 9.47 Å². The number of fused-ring (bicyclic) bond motifs is 1. The first-order chi connectivity index (χ1) is 16.1. The summed E-state index contributed by atoms with van der Waals surface area (Å²) in [6.07, 6.45) is 0.942. The molecule has 0 saturated carbocycles. The molecule has 0 unspecified atom stereocenters. The molecule has 1 amide bonds. The third-order valence-corrected chi connectivity index (χ3v) is 6.06. The first-order valence-electron chi connectivity index (χ1n) is 11.0. The molecule has 3 aromatic rings. The number of nitrogens with zero attached hydrogens (tertiary/aromatic N) is 1. The standard InChI is InChI=1S/C26H25FN2O4/c27-19-11-23(30)25(24(12-19)33-15-17-5-2-1-3-6-17)26(31)29-13-18-7-4-8-22(21(18)14-29)28-20-9-10-32-16-20/h1-8,11-12,20,28,30H,9-10,13-16H2/t20-/m0/s1. The Kier molecular flexibility index (Phi) is 5.88. The van der Waals surface area contributed by atoms with Crippen molar-refractivity contribution in [1.82, 2.24) is 4.90 Å². The topological polar surface area (TPSA) is 71.0 Å². The van der Waals surface area contributed by atoms with Gasteiger partial charge in [0.1, 0.15) is 29.5 Å². The van der Waals surface area contributed by atoms with Crippen molar-refractivity contribution < 1.29 is 23.8 Å². The Bertz CT molecular complexity index is 1160. The Morgan fingerprint density at radius 1 is 1.15 bits per heavy atom.